The van der Waals surface area contributed by atoms with Crippen molar-refractivity contribution in [3.63, 3.8) is 0 Å². The average molecular weight is 341 g/mol. The van der Waals surface area contributed by atoms with Crippen LogP contribution in [0.5, 0.6) is 5.75 Å². The fourth-order valence-corrected chi connectivity index (χ4v) is 2.17. The number of Topliss-reactive ketones (excluding diaryl/α,β-unsaturated/α-hetero) is 1. The van der Waals surface area contributed by atoms with E-state index in [1.54, 1.807) is 37.3 Å². The normalized spacial score (nSPS) is 11.5. The first-order valence-corrected chi connectivity index (χ1v) is 7.70. The molecule has 0 heterocycles. The lowest BCUT2D eigenvalue weighted by Gasteiger charge is -2.13. The van der Waals surface area contributed by atoms with Crippen molar-refractivity contribution >= 4 is 23.3 Å². The standard InChI is InChI=1S/C19H19NO5/c1-11-4-5-15(10-17(11)22)19(24)25-12(2)18(23)14-6-8-16(9-7-14)20-13(3)21/h4-10,12,22H,1-3H3,(H,20,21)/t12-/m1/s1. The average Bonchev–Trinajstić information content (AvgIpc) is 2.56. The van der Waals surface area contributed by atoms with E-state index >= 15 is 0 Å². The molecule has 2 aromatic rings. The van der Waals surface area contributed by atoms with Crippen LogP contribution in [0.25, 0.3) is 0 Å². The smallest absolute Gasteiger partial charge is 0.338 e. The number of carbonyl (C=O) groups is 3. The Kier molecular flexibility index (Phi) is 5.54. The van der Waals surface area contributed by atoms with Crippen LogP contribution in [0.2, 0.25) is 0 Å². The third-order valence-electron chi connectivity index (χ3n) is 3.59. The van der Waals surface area contributed by atoms with Crippen LogP contribution in [-0.4, -0.2) is 28.9 Å². The molecule has 25 heavy (non-hydrogen) atoms. The summed E-state index contributed by atoms with van der Waals surface area (Å²) in [4.78, 5) is 35.4. The van der Waals surface area contributed by atoms with E-state index in [9.17, 15) is 19.5 Å². The van der Waals surface area contributed by atoms with Gasteiger partial charge in [-0.05, 0) is 55.8 Å². The molecule has 0 aliphatic rings. The number of carbonyl (C=O) groups excluding carboxylic acids is 3. The Morgan fingerprint density at radius 3 is 2.20 bits per heavy atom. The van der Waals surface area contributed by atoms with E-state index in [2.05, 4.69) is 5.32 Å². The molecule has 0 unspecified atom stereocenters. The molecule has 6 heteroatoms. The first kappa shape index (κ1) is 18.2. The van der Waals surface area contributed by atoms with Crippen LogP contribution in [0.4, 0.5) is 5.69 Å². The topological polar surface area (TPSA) is 92.7 Å². The first-order chi connectivity index (χ1) is 11.8. The lowest BCUT2D eigenvalue weighted by atomic mass is 10.1. The van der Waals surface area contributed by atoms with Crippen molar-refractivity contribution in [2.75, 3.05) is 5.32 Å². The van der Waals surface area contributed by atoms with Gasteiger partial charge in [-0.2, -0.15) is 0 Å². The molecule has 0 fully saturated rings. The number of benzene rings is 2. The molecule has 2 N–H and O–H groups in total. The van der Waals surface area contributed by atoms with Crippen molar-refractivity contribution in [3.05, 3.63) is 59.2 Å². The minimum atomic E-state index is -0.984. The molecule has 2 rings (SSSR count). The number of aryl methyl sites for hydroxylation is 1. The highest BCUT2D eigenvalue weighted by molar-refractivity contribution is 6.02. The Bertz CT molecular complexity index is 811. The Hall–Kier alpha value is -3.15. The number of hydrogen-bond donors (Lipinski definition) is 2. The number of hydrogen-bond acceptors (Lipinski definition) is 5. The zero-order valence-corrected chi connectivity index (χ0v) is 14.2. The summed E-state index contributed by atoms with van der Waals surface area (Å²) in [6.07, 6.45) is -0.984. The molecular formula is C19H19NO5. The number of aromatic hydroxyl groups is 1. The second-order valence-corrected chi connectivity index (χ2v) is 5.67. The minimum absolute atomic E-state index is 0.0120. The number of ether oxygens (including phenoxy) is 1. The Balaban J connectivity index is 2.05. The fourth-order valence-electron chi connectivity index (χ4n) is 2.17. The largest absolute Gasteiger partial charge is 0.508 e. The number of nitrogens with one attached hydrogen (secondary N) is 1. The summed E-state index contributed by atoms with van der Waals surface area (Å²) in [5.74, 6) is -1.27. The van der Waals surface area contributed by atoms with E-state index in [0.717, 1.165) is 0 Å². The third kappa shape index (κ3) is 4.67. The monoisotopic (exact) mass is 341 g/mol. The summed E-state index contributed by atoms with van der Waals surface area (Å²) in [6, 6.07) is 10.7. The highest BCUT2D eigenvalue weighted by Crippen LogP contribution is 2.19. The van der Waals surface area contributed by atoms with E-state index in [1.165, 1.54) is 26.0 Å². The minimum Gasteiger partial charge on any atom is -0.508 e. The van der Waals surface area contributed by atoms with Gasteiger partial charge in [0.2, 0.25) is 11.7 Å². The second-order valence-electron chi connectivity index (χ2n) is 5.67. The van der Waals surface area contributed by atoms with Crippen molar-refractivity contribution < 1.29 is 24.2 Å². The van der Waals surface area contributed by atoms with Gasteiger partial charge in [0.05, 0.1) is 5.56 Å². The molecule has 0 saturated carbocycles. The first-order valence-electron chi connectivity index (χ1n) is 7.70. The maximum absolute atomic E-state index is 12.4. The van der Waals surface area contributed by atoms with E-state index in [4.69, 9.17) is 4.74 Å². The zero-order chi connectivity index (χ0) is 18.6. The van der Waals surface area contributed by atoms with Crippen LogP contribution in [0.1, 0.15) is 40.1 Å². The van der Waals surface area contributed by atoms with Gasteiger partial charge in [-0.3, -0.25) is 9.59 Å². The summed E-state index contributed by atoms with van der Waals surface area (Å²) in [6.45, 7) is 4.58. The summed E-state index contributed by atoms with van der Waals surface area (Å²) in [5.41, 5.74) is 1.74. The number of phenolic OH excluding ortho intramolecular Hbond substituents is 1. The predicted molar refractivity (Wildman–Crippen MR) is 92.8 cm³/mol. The Morgan fingerprint density at radius 1 is 1.04 bits per heavy atom. The quantitative estimate of drug-likeness (QED) is 0.644. The number of ketones is 1. The van der Waals surface area contributed by atoms with Gasteiger partial charge in [-0.25, -0.2) is 4.79 Å². The predicted octanol–water partition coefficient (Wildman–Crippen LogP) is 3.09. The lowest BCUT2D eigenvalue weighted by molar-refractivity contribution is -0.114. The molecular weight excluding hydrogens is 322 g/mol. The van der Waals surface area contributed by atoms with Gasteiger partial charge < -0.3 is 15.2 Å². The Morgan fingerprint density at radius 2 is 1.64 bits per heavy atom. The van der Waals surface area contributed by atoms with Gasteiger partial charge in [0.1, 0.15) is 5.75 Å². The lowest BCUT2D eigenvalue weighted by Crippen LogP contribution is -2.24. The number of phenols is 1. The molecule has 1 atom stereocenters. The summed E-state index contributed by atoms with van der Waals surface area (Å²) in [7, 11) is 0. The van der Waals surface area contributed by atoms with E-state index < -0.39 is 12.1 Å². The summed E-state index contributed by atoms with van der Waals surface area (Å²) < 4.78 is 5.17. The van der Waals surface area contributed by atoms with E-state index in [0.29, 0.717) is 16.8 Å². The maximum atomic E-state index is 12.4. The second kappa shape index (κ2) is 7.61. The van der Waals surface area contributed by atoms with E-state index in [-0.39, 0.29) is 23.0 Å². The molecule has 0 aromatic heterocycles. The van der Waals surface area contributed by atoms with Crippen molar-refractivity contribution in [1.29, 1.82) is 0 Å². The Labute approximate surface area is 145 Å². The van der Waals surface area contributed by atoms with Gasteiger partial charge in [0.25, 0.3) is 0 Å². The highest BCUT2D eigenvalue weighted by atomic mass is 16.5. The highest BCUT2D eigenvalue weighted by Gasteiger charge is 2.21. The van der Waals surface area contributed by atoms with E-state index in [1.807, 2.05) is 0 Å². The van der Waals surface area contributed by atoms with Crippen LogP contribution in [0.3, 0.4) is 0 Å². The molecule has 130 valence electrons. The third-order valence-corrected chi connectivity index (χ3v) is 3.59. The molecule has 2 aromatic carbocycles. The van der Waals surface area contributed by atoms with Crippen LogP contribution < -0.4 is 5.32 Å². The van der Waals surface area contributed by atoms with Gasteiger partial charge >= 0.3 is 5.97 Å². The fraction of sp³-hybridized carbons (Fsp3) is 0.211. The van der Waals surface area contributed by atoms with Crippen LogP contribution in [0.15, 0.2) is 42.5 Å². The van der Waals surface area contributed by atoms with Gasteiger partial charge in [0.15, 0.2) is 6.10 Å². The van der Waals surface area contributed by atoms with Gasteiger partial charge in [-0.1, -0.05) is 6.07 Å². The molecule has 1 amide bonds. The molecule has 0 aliphatic carbocycles. The summed E-state index contributed by atoms with van der Waals surface area (Å²) in [5, 5.41) is 12.3. The molecule has 6 nitrogen and oxygen atoms in total. The number of esters is 1. The molecule has 0 bridgehead atoms. The summed E-state index contributed by atoms with van der Waals surface area (Å²) >= 11 is 0. The zero-order valence-electron chi connectivity index (χ0n) is 14.2. The van der Waals surface area contributed by atoms with Crippen molar-refractivity contribution in [2.45, 2.75) is 26.9 Å². The SMILES string of the molecule is CC(=O)Nc1ccc(C(=O)[C@@H](C)OC(=O)c2ccc(C)c(O)c2)cc1. The molecule has 0 aliphatic heterocycles. The van der Waals surface area contributed by atoms with Crippen LogP contribution >= 0.6 is 0 Å². The molecule has 0 radical (unpaired) electrons. The molecule has 0 spiro atoms. The maximum Gasteiger partial charge on any atom is 0.338 e. The molecule has 0 saturated heterocycles. The number of amides is 1. The van der Waals surface area contributed by atoms with Crippen LogP contribution in [-0.2, 0) is 9.53 Å². The number of anilines is 1. The van der Waals surface area contributed by atoms with Crippen molar-refractivity contribution in [1.82, 2.24) is 0 Å². The van der Waals surface area contributed by atoms with Crippen molar-refractivity contribution in [3.8, 4) is 5.75 Å². The van der Waals surface area contributed by atoms with Gasteiger partial charge in [-0.15, -0.1) is 0 Å². The van der Waals surface area contributed by atoms with Crippen LogP contribution in [0, 0.1) is 6.92 Å². The van der Waals surface area contributed by atoms with Gasteiger partial charge in [0, 0.05) is 18.2 Å². The van der Waals surface area contributed by atoms with Crippen molar-refractivity contribution in [2.24, 2.45) is 0 Å². The number of rotatable bonds is 5.